The lowest BCUT2D eigenvalue weighted by Crippen LogP contribution is -2.30. The highest BCUT2D eigenvalue weighted by molar-refractivity contribution is 5.45. The molecule has 2 aliphatic rings. The molecule has 3 N–H and O–H groups in total. The lowest BCUT2D eigenvalue weighted by molar-refractivity contribution is 0.539. The van der Waals surface area contributed by atoms with Crippen molar-refractivity contribution in [1.82, 2.24) is 15.3 Å². The minimum Gasteiger partial charge on any atom is -0.368 e. The summed E-state index contributed by atoms with van der Waals surface area (Å²) < 4.78 is 0. The third-order valence-corrected chi connectivity index (χ3v) is 4.68. The van der Waals surface area contributed by atoms with Crippen LogP contribution in [0, 0.1) is 5.92 Å². The Labute approximate surface area is 121 Å². The van der Waals surface area contributed by atoms with Crippen LogP contribution in [0.5, 0.6) is 0 Å². The van der Waals surface area contributed by atoms with E-state index in [1.54, 1.807) is 0 Å². The van der Waals surface area contributed by atoms with Crippen molar-refractivity contribution in [3.63, 3.8) is 0 Å². The Morgan fingerprint density at radius 2 is 2.10 bits per heavy atom. The van der Waals surface area contributed by atoms with Crippen LogP contribution >= 0.6 is 0 Å². The van der Waals surface area contributed by atoms with E-state index in [0.717, 1.165) is 36.9 Å². The average molecular weight is 275 g/mol. The Balaban J connectivity index is 1.72. The van der Waals surface area contributed by atoms with Crippen LogP contribution in [-0.4, -0.2) is 36.1 Å². The molecule has 0 radical (unpaired) electrons. The Kier molecular flexibility index (Phi) is 4.05. The Morgan fingerprint density at radius 1 is 1.30 bits per heavy atom. The van der Waals surface area contributed by atoms with Gasteiger partial charge in [-0.2, -0.15) is 4.98 Å². The largest absolute Gasteiger partial charge is 0.368 e. The van der Waals surface area contributed by atoms with Crippen LogP contribution in [0.4, 0.5) is 11.8 Å². The molecule has 1 atom stereocenters. The number of rotatable bonds is 4. The van der Waals surface area contributed by atoms with Crippen molar-refractivity contribution >= 4 is 11.8 Å². The third-order valence-electron chi connectivity index (χ3n) is 4.68. The van der Waals surface area contributed by atoms with Gasteiger partial charge in [0, 0.05) is 30.9 Å². The van der Waals surface area contributed by atoms with E-state index >= 15 is 0 Å². The number of nitrogens with two attached hydrogens (primary N) is 1. The van der Waals surface area contributed by atoms with Gasteiger partial charge in [0.15, 0.2) is 0 Å². The fourth-order valence-electron chi connectivity index (χ4n) is 3.48. The van der Waals surface area contributed by atoms with Crippen LogP contribution in [0.3, 0.4) is 0 Å². The summed E-state index contributed by atoms with van der Waals surface area (Å²) in [5, 5.41) is 3.34. The summed E-state index contributed by atoms with van der Waals surface area (Å²) in [6, 6.07) is 2.71. The lowest BCUT2D eigenvalue weighted by Gasteiger charge is -2.19. The molecule has 20 heavy (non-hydrogen) atoms. The second-order valence-corrected chi connectivity index (χ2v) is 6.15. The molecular formula is C15H25N5. The molecule has 0 bridgehead atoms. The summed E-state index contributed by atoms with van der Waals surface area (Å²) in [5.41, 5.74) is 7.02. The fraction of sp³-hybridized carbons (Fsp3) is 0.733. The normalized spacial score (nSPS) is 23.6. The van der Waals surface area contributed by atoms with Gasteiger partial charge in [-0.25, -0.2) is 4.98 Å². The molecule has 110 valence electrons. The molecule has 0 aromatic carbocycles. The molecule has 0 unspecified atom stereocenters. The van der Waals surface area contributed by atoms with E-state index in [1.807, 2.05) is 7.05 Å². The maximum absolute atomic E-state index is 5.90. The van der Waals surface area contributed by atoms with Gasteiger partial charge in [-0.3, -0.25) is 0 Å². The minimum atomic E-state index is 0.420. The van der Waals surface area contributed by atoms with Crippen LogP contribution in [0.15, 0.2) is 6.07 Å². The van der Waals surface area contributed by atoms with E-state index in [2.05, 4.69) is 26.3 Å². The van der Waals surface area contributed by atoms with Gasteiger partial charge in [0.1, 0.15) is 5.82 Å². The SMILES string of the molecule is CN[C@@H]1CCN(c2cc(CC3CCCC3)nc(N)n2)C1. The summed E-state index contributed by atoms with van der Waals surface area (Å²) in [6.07, 6.45) is 7.64. The minimum absolute atomic E-state index is 0.420. The van der Waals surface area contributed by atoms with Gasteiger partial charge < -0.3 is 16.0 Å². The molecular weight excluding hydrogens is 250 g/mol. The topological polar surface area (TPSA) is 67.1 Å². The first-order valence-electron chi connectivity index (χ1n) is 7.80. The van der Waals surface area contributed by atoms with Gasteiger partial charge in [-0.1, -0.05) is 25.7 Å². The van der Waals surface area contributed by atoms with Gasteiger partial charge in [0.25, 0.3) is 0 Å². The number of nitrogens with one attached hydrogen (secondary N) is 1. The van der Waals surface area contributed by atoms with Crippen LogP contribution in [0.25, 0.3) is 0 Å². The molecule has 0 spiro atoms. The van der Waals surface area contributed by atoms with E-state index in [0.29, 0.717) is 12.0 Å². The predicted octanol–water partition coefficient (Wildman–Crippen LogP) is 1.59. The summed E-state index contributed by atoms with van der Waals surface area (Å²) in [6.45, 7) is 2.06. The summed E-state index contributed by atoms with van der Waals surface area (Å²) in [5.74, 6) is 2.22. The summed E-state index contributed by atoms with van der Waals surface area (Å²) in [4.78, 5) is 11.2. The maximum Gasteiger partial charge on any atom is 0.222 e. The van der Waals surface area contributed by atoms with E-state index in [4.69, 9.17) is 5.73 Å². The average Bonchev–Trinajstić information content (AvgIpc) is 3.08. The first kappa shape index (κ1) is 13.6. The van der Waals surface area contributed by atoms with Gasteiger partial charge in [0.2, 0.25) is 5.95 Å². The van der Waals surface area contributed by atoms with Crippen molar-refractivity contribution in [2.45, 2.75) is 44.6 Å². The molecule has 5 heteroatoms. The number of hydrogen-bond acceptors (Lipinski definition) is 5. The van der Waals surface area contributed by atoms with E-state index < -0.39 is 0 Å². The zero-order chi connectivity index (χ0) is 13.9. The molecule has 0 amide bonds. The first-order valence-corrected chi connectivity index (χ1v) is 7.80. The summed E-state index contributed by atoms with van der Waals surface area (Å²) in [7, 11) is 2.02. The third kappa shape index (κ3) is 3.03. The van der Waals surface area contributed by atoms with Gasteiger partial charge in [0.05, 0.1) is 0 Å². The number of nitrogen functional groups attached to an aromatic ring is 1. The Bertz CT molecular complexity index is 456. The van der Waals surface area contributed by atoms with Gasteiger partial charge in [-0.15, -0.1) is 0 Å². The van der Waals surface area contributed by atoms with E-state index in [9.17, 15) is 0 Å². The number of likely N-dealkylation sites (N-methyl/N-ethyl adjacent to an activating group) is 1. The van der Waals surface area contributed by atoms with Crippen LogP contribution in [-0.2, 0) is 6.42 Å². The summed E-state index contributed by atoms with van der Waals surface area (Å²) >= 11 is 0. The molecule has 1 saturated carbocycles. The first-order chi connectivity index (χ1) is 9.74. The van der Waals surface area contributed by atoms with Crippen molar-refractivity contribution in [2.75, 3.05) is 30.8 Å². The van der Waals surface area contributed by atoms with Crippen LogP contribution < -0.4 is 16.0 Å². The molecule has 2 fully saturated rings. The van der Waals surface area contributed by atoms with Crippen molar-refractivity contribution in [3.05, 3.63) is 11.8 Å². The second-order valence-electron chi connectivity index (χ2n) is 6.15. The smallest absolute Gasteiger partial charge is 0.222 e. The molecule has 2 heterocycles. The molecule has 1 saturated heterocycles. The molecule has 5 nitrogen and oxygen atoms in total. The van der Waals surface area contributed by atoms with Gasteiger partial charge in [-0.05, 0) is 25.8 Å². The fourth-order valence-corrected chi connectivity index (χ4v) is 3.48. The van der Waals surface area contributed by atoms with Crippen molar-refractivity contribution < 1.29 is 0 Å². The monoisotopic (exact) mass is 275 g/mol. The zero-order valence-electron chi connectivity index (χ0n) is 12.3. The standard InChI is InChI=1S/C15H25N5/c1-17-12-6-7-20(10-12)14-9-13(18-15(16)19-14)8-11-4-2-3-5-11/h9,11-12,17H,2-8,10H2,1H3,(H2,16,18,19)/t12-/m1/s1. The second kappa shape index (κ2) is 5.95. The number of anilines is 2. The highest BCUT2D eigenvalue weighted by atomic mass is 15.2. The molecule has 1 aliphatic heterocycles. The highest BCUT2D eigenvalue weighted by Crippen LogP contribution is 2.29. The van der Waals surface area contributed by atoms with Crippen molar-refractivity contribution in [3.8, 4) is 0 Å². The maximum atomic E-state index is 5.90. The Morgan fingerprint density at radius 3 is 2.80 bits per heavy atom. The van der Waals surface area contributed by atoms with Crippen molar-refractivity contribution in [1.29, 1.82) is 0 Å². The molecule has 1 aromatic heterocycles. The number of hydrogen-bond donors (Lipinski definition) is 2. The Hall–Kier alpha value is -1.36. The number of aromatic nitrogens is 2. The van der Waals surface area contributed by atoms with Gasteiger partial charge >= 0.3 is 0 Å². The molecule has 3 rings (SSSR count). The predicted molar refractivity (Wildman–Crippen MR) is 81.8 cm³/mol. The van der Waals surface area contributed by atoms with Crippen LogP contribution in [0.1, 0.15) is 37.8 Å². The van der Waals surface area contributed by atoms with Crippen LogP contribution in [0.2, 0.25) is 0 Å². The lowest BCUT2D eigenvalue weighted by atomic mass is 10.0. The quantitative estimate of drug-likeness (QED) is 0.873. The number of nitrogens with zero attached hydrogens (tertiary/aromatic N) is 3. The zero-order valence-corrected chi connectivity index (χ0v) is 12.3. The molecule has 1 aliphatic carbocycles. The highest BCUT2D eigenvalue weighted by Gasteiger charge is 2.23. The van der Waals surface area contributed by atoms with E-state index in [1.165, 1.54) is 32.1 Å². The van der Waals surface area contributed by atoms with Crippen molar-refractivity contribution in [2.24, 2.45) is 5.92 Å². The molecule has 1 aromatic rings. The van der Waals surface area contributed by atoms with E-state index in [-0.39, 0.29) is 0 Å².